The highest BCUT2D eigenvalue weighted by atomic mass is 16.3. The van der Waals surface area contributed by atoms with E-state index in [0.29, 0.717) is 12.5 Å². The quantitative estimate of drug-likeness (QED) is 0.553. The Morgan fingerprint density at radius 2 is 2.17 bits per heavy atom. The fraction of sp³-hybridized carbons (Fsp3) is 0.526. The van der Waals surface area contributed by atoms with Crippen LogP contribution in [0.2, 0.25) is 0 Å². The molecule has 1 rings (SSSR count). The molecular weight excluding hydrogens is 288 g/mol. The van der Waals surface area contributed by atoms with E-state index in [1.165, 1.54) is 17.2 Å². The Balaban J connectivity index is 2.59. The fourth-order valence-corrected chi connectivity index (χ4v) is 3.00. The number of β-amino-alcohol motifs (C(OH)–C–C–N with tert-alkyl or cyclic N) is 1. The van der Waals surface area contributed by atoms with Crippen LogP contribution >= 0.6 is 0 Å². The van der Waals surface area contributed by atoms with Crippen molar-refractivity contribution in [3.63, 3.8) is 0 Å². The van der Waals surface area contributed by atoms with Gasteiger partial charge in [-0.2, -0.15) is 0 Å². The molecule has 0 saturated carbocycles. The summed E-state index contributed by atoms with van der Waals surface area (Å²) < 4.78 is 0. The second-order valence-electron chi connectivity index (χ2n) is 6.39. The molecule has 23 heavy (non-hydrogen) atoms. The van der Waals surface area contributed by atoms with Gasteiger partial charge in [-0.1, -0.05) is 31.7 Å². The Hall–Kier alpha value is -1.65. The van der Waals surface area contributed by atoms with E-state index in [-0.39, 0.29) is 17.9 Å². The van der Waals surface area contributed by atoms with E-state index >= 15 is 0 Å². The largest absolute Gasteiger partial charge is 0.390 e. The molecule has 4 heteroatoms. The lowest BCUT2D eigenvalue weighted by atomic mass is 9.72. The van der Waals surface area contributed by atoms with Crippen molar-refractivity contribution < 1.29 is 9.90 Å². The number of aliphatic hydroxyl groups is 1. The summed E-state index contributed by atoms with van der Waals surface area (Å²) in [5, 5.41) is 10.3. The van der Waals surface area contributed by atoms with Gasteiger partial charge in [-0.05, 0) is 43.5 Å². The zero-order valence-electron chi connectivity index (χ0n) is 14.4. The van der Waals surface area contributed by atoms with Gasteiger partial charge in [-0.25, -0.2) is 0 Å². The van der Waals surface area contributed by atoms with Crippen molar-refractivity contribution in [3.05, 3.63) is 50.2 Å². The third kappa shape index (κ3) is 5.19. The molecule has 1 amide bonds. The first-order valence-corrected chi connectivity index (χ1v) is 8.12. The highest BCUT2D eigenvalue weighted by Crippen LogP contribution is 2.37. The Morgan fingerprint density at radius 1 is 1.48 bits per heavy atom. The van der Waals surface area contributed by atoms with E-state index in [4.69, 9.17) is 0 Å². The van der Waals surface area contributed by atoms with Crippen LogP contribution < -0.4 is 0 Å². The molecular formula is C19H30N2O2. The smallest absolute Gasteiger partial charge is 0.250 e. The van der Waals surface area contributed by atoms with Crippen molar-refractivity contribution in [1.82, 2.24) is 9.80 Å². The van der Waals surface area contributed by atoms with Gasteiger partial charge >= 0.3 is 0 Å². The molecule has 1 heterocycles. The van der Waals surface area contributed by atoms with Crippen LogP contribution in [0.5, 0.6) is 0 Å². The lowest BCUT2D eigenvalue weighted by molar-refractivity contribution is -0.124. The Kier molecular flexibility index (Phi) is 7.46. The van der Waals surface area contributed by atoms with Crippen LogP contribution in [0.3, 0.4) is 0 Å². The topological polar surface area (TPSA) is 43.8 Å². The number of aliphatic hydroxyl groups excluding tert-OH is 1. The molecule has 128 valence electrons. The summed E-state index contributed by atoms with van der Waals surface area (Å²) in [4.78, 5) is 15.5. The maximum absolute atomic E-state index is 11.8. The van der Waals surface area contributed by atoms with Gasteiger partial charge in [0.1, 0.15) is 0 Å². The molecule has 3 atom stereocenters. The van der Waals surface area contributed by atoms with Gasteiger partial charge in [0.05, 0.1) is 12.6 Å². The lowest BCUT2D eigenvalue weighted by Gasteiger charge is -2.43. The number of likely N-dealkylation sites (tertiary alicyclic amines) is 1. The highest BCUT2D eigenvalue weighted by Gasteiger charge is 2.35. The summed E-state index contributed by atoms with van der Waals surface area (Å²) in [6.45, 7) is 18.1. The molecule has 0 bridgehead atoms. The zero-order valence-corrected chi connectivity index (χ0v) is 14.4. The first-order valence-electron chi connectivity index (χ1n) is 8.12. The molecule has 1 N–H and O–H groups in total. The van der Waals surface area contributed by atoms with Crippen LogP contribution in [-0.2, 0) is 4.79 Å². The minimum atomic E-state index is -0.610. The molecule has 1 aliphatic heterocycles. The van der Waals surface area contributed by atoms with Crippen molar-refractivity contribution in [2.24, 2.45) is 11.3 Å². The summed E-state index contributed by atoms with van der Waals surface area (Å²) in [6.07, 6.45) is 8.99. The van der Waals surface area contributed by atoms with E-state index in [0.717, 1.165) is 19.5 Å². The summed E-state index contributed by atoms with van der Waals surface area (Å²) in [5.74, 6) is 0.157. The summed E-state index contributed by atoms with van der Waals surface area (Å²) in [6, 6.07) is 0. The molecule has 0 aromatic carbocycles. The molecule has 0 aliphatic carbocycles. The van der Waals surface area contributed by atoms with Crippen LogP contribution in [0.1, 0.15) is 20.3 Å². The van der Waals surface area contributed by atoms with E-state index in [1.54, 1.807) is 13.0 Å². The van der Waals surface area contributed by atoms with E-state index in [2.05, 4.69) is 31.6 Å². The predicted molar refractivity (Wildman–Crippen MR) is 95.8 cm³/mol. The maximum Gasteiger partial charge on any atom is 0.250 e. The van der Waals surface area contributed by atoms with E-state index in [9.17, 15) is 9.90 Å². The molecule has 1 saturated heterocycles. The Labute approximate surface area is 140 Å². The van der Waals surface area contributed by atoms with E-state index in [1.807, 2.05) is 12.2 Å². The number of carbonyl (C=O) groups is 1. The second kappa shape index (κ2) is 8.85. The van der Waals surface area contributed by atoms with Crippen molar-refractivity contribution >= 4 is 5.91 Å². The third-order valence-corrected chi connectivity index (χ3v) is 4.71. The van der Waals surface area contributed by atoms with Crippen LogP contribution in [-0.4, -0.2) is 53.1 Å². The average molecular weight is 318 g/mol. The van der Waals surface area contributed by atoms with E-state index < -0.39 is 6.10 Å². The first kappa shape index (κ1) is 19.4. The molecule has 4 nitrogen and oxygen atoms in total. The molecule has 0 aromatic heterocycles. The third-order valence-electron chi connectivity index (χ3n) is 4.71. The number of allylic oxidation sites excluding steroid dienone is 2. The minimum Gasteiger partial charge on any atom is -0.390 e. The summed E-state index contributed by atoms with van der Waals surface area (Å²) >= 11 is 0. The Morgan fingerprint density at radius 3 is 2.70 bits per heavy atom. The summed E-state index contributed by atoms with van der Waals surface area (Å²) in [5.41, 5.74) is 0.0677. The molecule has 0 radical (unpaired) electrons. The molecule has 1 fully saturated rings. The molecule has 3 unspecified atom stereocenters. The average Bonchev–Trinajstić information content (AvgIpc) is 2.54. The van der Waals surface area contributed by atoms with Crippen LogP contribution in [0.25, 0.3) is 0 Å². The van der Waals surface area contributed by atoms with Gasteiger partial charge in [-0.15, -0.1) is 13.2 Å². The number of hydrogen-bond donors (Lipinski definition) is 1. The van der Waals surface area contributed by atoms with Crippen LogP contribution in [0.15, 0.2) is 50.2 Å². The van der Waals surface area contributed by atoms with Crippen molar-refractivity contribution in [1.29, 1.82) is 0 Å². The van der Waals surface area contributed by atoms with Crippen LogP contribution in [0, 0.1) is 11.3 Å². The highest BCUT2D eigenvalue weighted by molar-refractivity contribution is 5.88. The van der Waals surface area contributed by atoms with Crippen molar-refractivity contribution in [2.75, 3.05) is 26.2 Å². The predicted octanol–water partition coefficient (Wildman–Crippen LogP) is 2.60. The number of rotatable bonds is 8. The maximum atomic E-state index is 11.8. The minimum absolute atomic E-state index is 0.0677. The normalized spacial score (nSPS) is 26.7. The van der Waals surface area contributed by atoms with Gasteiger partial charge in [0.25, 0.3) is 0 Å². The zero-order chi connectivity index (χ0) is 17.5. The SMILES string of the molecule is C=CC1CN(CC(O)CN(C=C)C(=O)/C=C\C)CCC1(C)C=C. The monoisotopic (exact) mass is 318 g/mol. The number of hydrogen-bond acceptors (Lipinski definition) is 3. The molecule has 1 aliphatic rings. The van der Waals surface area contributed by atoms with Gasteiger partial charge in [-0.3, -0.25) is 4.79 Å². The fourth-order valence-electron chi connectivity index (χ4n) is 3.00. The molecule has 0 aromatic rings. The van der Waals surface area contributed by atoms with Gasteiger partial charge in [0.2, 0.25) is 5.91 Å². The van der Waals surface area contributed by atoms with Gasteiger partial charge in [0.15, 0.2) is 0 Å². The number of nitrogens with zero attached hydrogens (tertiary/aromatic N) is 2. The number of piperidine rings is 1. The number of amides is 1. The standard InChI is InChI=1S/C19H30N2O2/c1-6-10-18(23)21(9-4)15-17(22)14-20-12-11-19(5,8-3)16(7-2)13-20/h6-10,16-17,22H,2-4,11-15H2,1,5H3/b10-6-. The van der Waals surface area contributed by atoms with Crippen molar-refractivity contribution in [3.8, 4) is 0 Å². The second-order valence-corrected chi connectivity index (χ2v) is 6.39. The van der Waals surface area contributed by atoms with Crippen molar-refractivity contribution in [2.45, 2.75) is 26.4 Å². The van der Waals surface area contributed by atoms with Gasteiger partial charge < -0.3 is 14.9 Å². The summed E-state index contributed by atoms with van der Waals surface area (Å²) in [7, 11) is 0. The number of carbonyl (C=O) groups excluding carboxylic acids is 1. The van der Waals surface area contributed by atoms with Gasteiger partial charge in [0, 0.05) is 13.1 Å². The lowest BCUT2D eigenvalue weighted by Crippen LogP contribution is -2.48. The first-order chi connectivity index (χ1) is 10.9. The molecule has 0 spiro atoms. The van der Waals surface area contributed by atoms with Crippen LogP contribution in [0.4, 0.5) is 0 Å². The Bertz CT molecular complexity index is 472.